The van der Waals surface area contributed by atoms with E-state index in [2.05, 4.69) is 4.72 Å². The first-order valence-corrected chi connectivity index (χ1v) is 9.61. The zero-order valence-corrected chi connectivity index (χ0v) is 16.1. The average Bonchev–Trinajstić information content (AvgIpc) is 2.49. The third-order valence-corrected chi connectivity index (χ3v) is 4.93. The SMILES string of the molecule is CC(C)(C)OC(=O)Cc1cc(S(=O)(=O)Nc2ccc(F)cc2)ccc1Cl. The Kier molecular flexibility index (Phi) is 5.93. The summed E-state index contributed by atoms with van der Waals surface area (Å²) in [5, 5.41) is 0.261. The second-order valence-corrected chi connectivity index (χ2v) is 8.72. The number of nitrogens with one attached hydrogen (secondary N) is 1. The molecule has 0 radical (unpaired) electrons. The first-order chi connectivity index (χ1) is 12.0. The van der Waals surface area contributed by atoms with Crippen molar-refractivity contribution in [3.63, 3.8) is 0 Å². The number of sulfonamides is 1. The standard InChI is InChI=1S/C18H19ClFNO4S/c1-18(2,3)25-17(22)11-12-10-15(8-9-16(12)19)26(23,24)21-14-6-4-13(20)5-7-14/h4-10,21H,11H2,1-3H3. The topological polar surface area (TPSA) is 72.5 Å². The highest BCUT2D eigenvalue weighted by Crippen LogP contribution is 2.24. The number of carbonyl (C=O) groups excluding carboxylic acids is 1. The molecule has 0 amide bonds. The number of carbonyl (C=O) groups is 1. The van der Waals surface area contributed by atoms with Crippen LogP contribution in [0.5, 0.6) is 0 Å². The molecule has 1 N–H and O–H groups in total. The van der Waals surface area contributed by atoms with Gasteiger partial charge in [0.15, 0.2) is 0 Å². The largest absolute Gasteiger partial charge is 0.460 e. The highest BCUT2D eigenvalue weighted by molar-refractivity contribution is 7.92. The van der Waals surface area contributed by atoms with Crippen LogP contribution in [0, 0.1) is 5.82 Å². The molecule has 2 aromatic carbocycles. The monoisotopic (exact) mass is 399 g/mol. The van der Waals surface area contributed by atoms with E-state index in [1.54, 1.807) is 20.8 Å². The van der Waals surface area contributed by atoms with Crippen LogP contribution in [0.4, 0.5) is 10.1 Å². The fourth-order valence-electron chi connectivity index (χ4n) is 2.12. The molecule has 0 spiro atoms. The first-order valence-electron chi connectivity index (χ1n) is 7.75. The molecule has 2 rings (SSSR count). The number of rotatable bonds is 5. The van der Waals surface area contributed by atoms with Crippen molar-refractivity contribution in [2.45, 2.75) is 37.7 Å². The molecule has 0 saturated heterocycles. The minimum Gasteiger partial charge on any atom is -0.460 e. The molecule has 0 fully saturated rings. The third-order valence-electron chi connectivity index (χ3n) is 3.18. The molecule has 0 unspecified atom stereocenters. The van der Waals surface area contributed by atoms with Crippen LogP contribution in [0.15, 0.2) is 47.4 Å². The van der Waals surface area contributed by atoms with E-state index in [-0.39, 0.29) is 22.0 Å². The number of halogens is 2. The molecule has 5 nitrogen and oxygen atoms in total. The van der Waals surface area contributed by atoms with Crippen molar-refractivity contribution in [2.24, 2.45) is 0 Å². The number of anilines is 1. The Morgan fingerprint density at radius 1 is 1.15 bits per heavy atom. The molecule has 0 aliphatic heterocycles. The third kappa shape index (κ3) is 5.71. The van der Waals surface area contributed by atoms with Gasteiger partial charge in [-0.25, -0.2) is 12.8 Å². The number of ether oxygens (including phenoxy) is 1. The molecule has 8 heteroatoms. The van der Waals surface area contributed by atoms with Gasteiger partial charge in [-0.05, 0) is 68.8 Å². The van der Waals surface area contributed by atoms with Crippen molar-refractivity contribution in [3.05, 3.63) is 58.9 Å². The van der Waals surface area contributed by atoms with Gasteiger partial charge >= 0.3 is 5.97 Å². The molecule has 0 aliphatic rings. The van der Waals surface area contributed by atoms with Gasteiger partial charge in [-0.2, -0.15) is 0 Å². The minimum atomic E-state index is -3.92. The summed E-state index contributed by atoms with van der Waals surface area (Å²) in [6.07, 6.45) is -0.157. The summed E-state index contributed by atoms with van der Waals surface area (Å²) in [6.45, 7) is 5.21. The maximum atomic E-state index is 12.9. The molecule has 140 valence electrons. The van der Waals surface area contributed by atoms with Crippen LogP contribution < -0.4 is 4.72 Å². The second kappa shape index (κ2) is 7.63. The zero-order chi connectivity index (χ0) is 19.5. The van der Waals surface area contributed by atoms with Crippen LogP contribution in [0.1, 0.15) is 26.3 Å². The van der Waals surface area contributed by atoms with Gasteiger partial charge < -0.3 is 4.74 Å². The van der Waals surface area contributed by atoms with Gasteiger partial charge in [0.25, 0.3) is 10.0 Å². The lowest BCUT2D eigenvalue weighted by Crippen LogP contribution is -2.25. The van der Waals surface area contributed by atoms with Crippen molar-refractivity contribution >= 4 is 33.3 Å². The van der Waals surface area contributed by atoms with Gasteiger partial charge in [0.05, 0.1) is 11.3 Å². The maximum absolute atomic E-state index is 12.9. The summed E-state index contributed by atoms with van der Waals surface area (Å²) < 4.78 is 45.5. The van der Waals surface area contributed by atoms with Gasteiger partial charge in [-0.15, -0.1) is 0 Å². The molecule has 2 aromatic rings. The van der Waals surface area contributed by atoms with Crippen LogP contribution in [0.25, 0.3) is 0 Å². The molecule has 0 saturated carbocycles. The van der Waals surface area contributed by atoms with E-state index in [1.165, 1.54) is 30.3 Å². The van der Waals surface area contributed by atoms with E-state index in [9.17, 15) is 17.6 Å². The van der Waals surface area contributed by atoms with Crippen LogP contribution >= 0.6 is 11.6 Å². The van der Waals surface area contributed by atoms with Crippen molar-refractivity contribution in [1.82, 2.24) is 0 Å². The summed E-state index contributed by atoms with van der Waals surface area (Å²) >= 11 is 6.07. The maximum Gasteiger partial charge on any atom is 0.310 e. The first kappa shape index (κ1) is 20.2. The Morgan fingerprint density at radius 2 is 1.77 bits per heavy atom. The van der Waals surface area contributed by atoms with Crippen LogP contribution in [-0.4, -0.2) is 20.0 Å². The molecule has 0 atom stereocenters. The van der Waals surface area contributed by atoms with Crippen molar-refractivity contribution < 1.29 is 22.3 Å². The number of esters is 1. The Balaban J connectivity index is 2.24. The summed E-state index contributed by atoms with van der Waals surface area (Å²) in [7, 11) is -3.92. The van der Waals surface area contributed by atoms with Crippen LogP contribution in [0.2, 0.25) is 5.02 Å². The molecule has 0 aromatic heterocycles. The van der Waals surface area contributed by atoms with E-state index in [0.717, 1.165) is 12.1 Å². The van der Waals surface area contributed by atoms with Gasteiger partial charge in [0.1, 0.15) is 11.4 Å². The van der Waals surface area contributed by atoms with E-state index in [1.807, 2.05) is 0 Å². The molecule has 0 aliphatic carbocycles. The molecular formula is C18H19ClFNO4S. The summed E-state index contributed by atoms with van der Waals surface area (Å²) in [5.41, 5.74) is -0.102. The Labute approximate surface area is 157 Å². The average molecular weight is 400 g/mol. The lowest BCUT2D eigenvalue weighted by molar-refractivity contribution is -0.153. The van der Waals surface area contributed by atoms with Gasteiger partial charge in [0.2, 0.25) is 0 Å². The highest BCUT2D eigenvalue weighted by atomic mass is 35.5. The smallest absolute Gasteiger partial charge is 0.310 e. The number of hydrogen-bond donors (Lipinski definition) is 1. The van der Waals surface area contributed by atoms with Crippen molar-refractivity contribution in [3.8, 4) is 0 Å². The number of hydrogen-bond acceptors (Lipinski definition) is 4. The van der Waals surface area contributed by atoms with Crippen LogP contribution in [-0.2, 0) is 26.0 Å². The Bertz CT molecular complexity index is 906. The van der Waals surface area contributed by atoms with E-state index in [4.69, 9.17) is 16.3 Å². The van der Waals surface area contributed by atoms with E-state index < -0.39 is 27.4 Å². The lowest BCUT2D eigenvalue weighted by atomic mass is 10.1. The van der Waals surface area contributed by atoms with Crippen molar-refractivity contribution in [2.75, 3.05) is 4.72 Å². The molecule has 0 bridgehead atoms. The summed E-state index contributed by atoms with van der Waals surface area (Å²) in [5.74, 6) is -0.987. The number of benzene rings is 2. The lowest BCUT2D eigenvalue weighted by Gasteiger charge is -2.19. The normalized spacial score (nSPS) is 11.9. The highest BCUT2D eigenvalue weighted by Gasteiger charge is 2.20. The van der Waals surface area contributed by atoms with E-state index >= 15 is 0 Å². The van der Waals surface area contributed by atoms with Gasteiger partial charge in [-0.3, -0.25) is 9.52 Å². The zero-order valence-electron chi connectivity index (χ0n) is 14.5. The van der Waals surface area contributed by atoms with Crippen molar-refractivity contribution in [1.29, 1.82) is 0 Å². The quantitative estimate of drug-likeness (QED) is 0.766. The van der Waals surface area contributed by atoms with Gasteiger partial charge in [-0.1, -0.05) is 11.6 Å². The second-order valence-electron chi connectivity index (χ2n) is 6.63. The van der Waals surface area contributed by atoms with Crippen LogP contribution in [0.3, 0.4) is 0 Å². The molecule has 0 heterocycles. The fraction of sp³-hybridized carbons (Fsp3) is 0.278. The van der Waals surface area contributed by atoms with Gasteiger partial charge in [0, 0.05) is 10.7 Å². The predicted molar refractivity (Wildman–Crippen MR) is 98.2 cm³/mol. The Morgan fingerprint density at radius 3 is 2.35 bits per heavy atom. The minimum absolute atomic E-state index is 0.0650. The Hall–Kier alpha value is -2.12. The summed E-state index contributed by atoms with van der Waals surface area (Å²) in [6, 6.07) is 8.96. The summed E-state index contributed by atoms with van der Waals surface area (Å²) in [4.78, 5) is 11.9. The molecular weight excluding hydrogens is 381 g/mol. The van der Waals surface area contributed by atoms with E-state index in [0.29, 0.717) is 5.56 Å². The predicted octanol–water partition coefficient (Wildman–Crippen LogP) is 4.16. The molecule has 26 heavy (non-hydrogen) atoms. The fourth-order valence-corrected chi connectivity index (χ4v) is 3.41.